The van der Waals surface area contributed by atoms with Crippen molar-refractivity contribution in [1.82, 2.24) is 15.0 Å². The van der Waals surface area contributed by atoms with E-state index in [4.69, 9.17) is 28.7 Å². The van der Waals surface area contributed by atoms with Crippen LogP contribution in [0.5, 0.6) is 0 Å². The lowest BCUT2D eigenvalue weighted by Crippen LogP contribution is -2.69. The molecule has 2 unspecified atom stereocenters. The van der Waals surface area contributed by atoms with Crippen molar-refractivity contribution < 1.29 is 70.4 Å². The van der Waals surface area contributed by atoms with E-state index in [0.29, 0.717) is 19.3 Å². The molecule has 5 aliphatic rings. The predicted octanol–water partition coefficient (Wildman–Crippen LogP) is 6.78. The lowest BCUT2D eigenvalue weighted by molar-refractivity contribution is -0.564. The van der Waals surface area contributed by atoms with Gasteiger partial charge in [-0.05, 0) is 77.0 Å². The Morgan fingerprint density at radius 1 is 1.00 bits per heavy atom. The number of ether oxygens (including phenoxy) is 4. The Labute approximate surface area is 309 Å². The van der Waals surface area contributed by atoms with Crippen molar-refractivity contribution in [3.8, 4) is 0 Å². The van der Waals surface area contributed by atoms with Crippen LogP contribution < -0.4 is 0 Å². The highest BCUT2D eigenvalue weighted by atomic mass is 19.4. The monoisotopic (exact) mass is 783 g/mol. The first-order chi connectivity index (χ1) is 25.0. The summed E-state index contributed by atoms with van der Waals surface area (Å²) in [5.41, 5.74) is -3.94. The molecular weight excluding hydrogens is 732 g/mol. The molecule has 306 valence electrons. The van der Waals surface area contributed by atoms with E-state index in [-0.39, 0.29) is 54.7 Å². The molecule has 0 radical (unpaired) electrons. The molecule has 3 aliphatic heterocycles. The van der Waals surface area contributed by atoms with E-state index in [1.54, 1.807) is 0 Å². The Bertz CT molecular complexity index is 1600. The summed E-state index contributed by atoms with van der Waals surface area (Å²) in [7, 11) is 0. The molecule has 1 aromatic rings. The van der Waals surface area contributed by atoms with Crippen molar-refractivity contribution >= 4 is 0 Å². The van der Waals surface area contributed by atoms with Crippen LogP contribution in [0.2, 0.25) is 0 Å². The van der Waals surface area contributed by atoms with Crippen molar-refractivity contribution in [1.29, 1.82) is 0 Å². The van der Waals surface area contributed by atoms with E-state index < -0.39 is 103 Å². The van der Waals surface area contributed by atoms with Crippen LogP contribution in [0.3, 0.4) is 0 Å². The van der Waals surface area contributed by atoms with E-state index in [2.05, 4.69) is 10.3 Å². The molecule has 6 rings (SSSR count). The first kappa shape index (κ1) is 41.2. The molecule has 3 N–H and O–H groups in total. The Morgan fingerprint density at radius 2 is 1.70 bits per heavy atom. The van der Waals surface area contributed by atoms with Crippen molar-refractivity contribution in [2.75, 3.05) is 13.2 Å². The van der Waals surface area contributed by atoms with E-state index in [1.807, 2.05) is 20.8 Å². The van der Waals surface area contributed by atoms with Crippen molar-refractivity contribution in [3.63, 3.8) is 0 Å². The molecule has 0 amide bonds. The maximum Gasteiger partial charge on any atom is 0.449 e. The van der Waals surface area contributed by atoms with Crippen molar-refractivity contribution in [2.45, 2.75) is 141 Å². The topological polar surface area (TPSA) is 147 Å². The van der Waals surface area contributed by atoms with Gasteiger partial charge in [0.2, 0.25) is 12.0 Å². The largest absolute Gasteiger partial charge is 0.504 e. The molecule has 4 heterocycles. The molecule has 0 aromatic carbocycles. The molecule has 10 atom stereocenters. The predicted molar refractivity (Wildman–Crippen MR) is 175 cm³/mol. The molecule has 1 aromatic heterocycles. The molecule has 0 bridgehead atoms. The first-order valence-corrected chi connectivity index (χ1v) is 18.6. The van der Waals surface area contributed by atoms with Gasteiger partial charge < -0.3 is 34.3 Å². The first-order valence-electron chi connectivity index (χ1n) is 18.6. The summed E-state index contributed by atoms with van der Waals surface area (Å²) in [6, 6.07) is 0. The molecular formula is C36H51F6N3O9. The number of fused-ring (bicyclic) bond motifs is 1. The summed E-state index contributed by atoms with van der Waals surface area (Å²) >= 11 is 0. The maximum atomic E-state index is 14.8. The second kappa shape index (κ2) is 14.5. The Hall–Kier alpha value is -2.48. The fourth-order valence-corrected chi connectivity index (χ4v) is 9.74. The van der Waals surface area contributed by atoms with Gasteiger partial charge in [0, 0.05) is 35.3 Å². The molecule has 2 aliphatic carbocycles. The highest BCUT2D eigenvalue weighted by molar-refractivity contribution is 5.28. The molecule has 1 spiro atoms. The zero-order valence-electron chi connectivity index (χ0n) is 31.3. The minimum Gasteiger partial charge on any atom is -0.504 e. The number of alkyl halides is 6. The van der Waals surface area contributed by atoms with Crippen LogP contribution in [0, 0.1) is 35.5 Å². The number of aliphatic hydroxyl groups is 3. The van der Waals surface area contributed by atoms with Crippen LogP contribution in [0.25, 0.3) is 0 Å². The average molecular weight is 784 g/mol. The number of nitrogens with zero attached hydrogens (tertiary/aromatic N) is 3. The molecule has 12 nitrogen and oxygen atoms in total. The third-order valence-electron chi connectivity index (χ3n) is 12.4. The van der Waals surface area contributed by atoms with Gasteiger partial charge in [-0.1, -0.05) is 26.0 Å². The lowest BCUT2D eigenvalue weighted by Gasteiger charge is -2.59. The van der Waals surface area contributed by atoms with Gasteiger partial charge >= 0.3 is 12.4 Å². The fraction of sp³-hybridized carbons (Fsp3) is 0.833. The average Bonchev–Trinajstić information content (AvgIpc) is 3.45. The number of rotatable bonds is 8. The quantitative estimate of drug-likeness (QED) is 0.146. The fourth-order valence-electron chi connectivity index (χ4n) is 9.74. The van der Waals surface area contributed by atoms with Crippen molar-refractivity contribution in [3.05, 3.63) is 34.6 Å². The SMILES string of the molecule is CC[C@H]1[C@H](C)CC[C@H]2C(Cn3nncc3COC/C(=C(/O)C(F)(F)F)[C@@H]3CC[C@@H](C)C4CCC(C)(O)OC[C@@]43O)=C(C(F)(F)F)O[C@@H]3OC(C)(C)OO[C@@]321. The second-order valence-electron chi connectivity index (χ2n) is 16.4. The van der Waals surface area contributed by atoms with Gasteiger partial charge in [-0.2, -0.15) is 26.3 Å². The minimum absolute atomic E-state index is 0.0311. The number of aliphatic hydroxyl groups excluding tert-OH is 1. The highest BCUT2D eigenvalue weighted by Gasteiger charge is 2.68. The molecule has 54 heavy (non-hydrogen) atoms. The smallest absolute Gasteiger partial charge is 0.449 e. The van der Waals surface area contributed by atoms with Crippen LogP contribution in [0.15, 0.2) is 28.9 Å². The minimum atomic E-state index is -5.18. The highest BCUT2D eigenvalue weighted by Crippen LogP contribution is 2.59. The summed E-state index contributed by atoms with van der Waals surface area (Å²) in [5.74, 6) is -9.23. The number of allylic oxidation sites excluding steroid dienone is 2. The summed E-state index contributed by atoms with van der Waals surface area (Å²) in [5, 5.41) is 41.0. The van der Waals surface area contributed by atoms with Crippen LogP contribution in [0.1, 0.15) is 92.2 Å². The van der Waals surface area contributed by atoms with Gasteiger partial charge in [0.15, 0.2) is 22.9 Å². The third kappa shape index (κ3) is 7.52. The van der Waals surface area contributed by atoms with E-state index >= 15 is 0 Å². The summed E-state index contributed by atoms with van der Waals surface area (Å²) in [6.45, 7) is 8.03. The van der Waals surface area contributed by atoms with Gasteiger partial charge in [-0.25, -0.2) is 14.5 Å². The van der Waals surface area contributed by atoms with E-state index in [9.17, 15) is 41.7 Å². The van der Waals surface area contributed by atoms with E-state index in [1.165, 1.54) is 27.0 Å². The zero-order valence-corrected chi connectivity index (χ0v) is 31.3. The van der Waals surface area contributed by atoms with Crippen LogP contribution in [-0.4, -0.2) is 84.9 Å². The molecule has 4 fully saturated rings. The summed E-state index contributed by atoms with van der Waals surface area (Å²) < 4.78 is 111. The lowest BCUT2D eigenvalue weighted by atomic mass is 9.59. The Balaban J connectivity index is 1.29. The number of halogens is 6. The number of hydrogen-bond donors (Lipinski definition) is 3. The second-order valence-corrected chi connectivity index (χ2v) is 16.4. The Morgan fingerprint density at radius 3 is 2.37 bits per heavy atom. The van der Waals surface area contributed by atoms with E-state index in [0.717, 1.165) is 4.68 Å². The Kier molecular flexibility index (Phi) is 11.0. The summed E-state index contributed by atoms with van der Waals surface area (Å²) in [4.78, 5) is 11.7. The number of hydrogen-bond acceptors (Lipinski definition) is 11. The van der Waals surface area contributed by atoms with Gasteiger partial charge in [-0.3, -0.25) is 0 Å². The van der Waals surface area contributed by atoms with Gasteiger partial charge in [0.25, 0.3) is 0 Å². The normalized spacial score (nSPS) is 39.1. The third-order valence-corrected chi connectivity index (χ3v) is 12.4. The standard InChI is InChI=1S/C36H51F6N3O9/c1-7-24-19(2)9-11-27-22(29(36(40,41)42)51-30-34(24,27)54-53-31(4,5)52-30)15-45-21(14-43-44-45)16-49-17-23(28(46)35(37,38)39)26-10-8-20(3)25-12-13-32(6,47)50-18-33(25,26)48/h14,19-20,24-27,30,46-48H,7-13,15-18H2,1-6H3/b28-23-/t19-,20-,24+,25?,26+,27+,30-,32?,33-,34-/m1/s1. The van der Waals surface area contributed by atoms with Gasteiger partial charge in [-0.15, -0.1) is 5.10 Å². The molecule has 2 saturated carbocycles. The van der Waals surface area contributed by atoms with Crippen molar-refractivity contribution in [2.24, 2.45) is 35.5 Å². The molecule has 2 saturated heterocycles. The van der Waals surface area contributed by atoms with Crippen LogP contribution >= 0.6 is 0 Å². The molecule has 18 heteroatoms. The van der Waals surface area contributed by atoms with Gasteiger partial charge in [0.1, 0.15) is 0 Å². The number of aromatic nitrogens is 3. The maximum absolute atomic E-state index is 14.8. The zero-order chi connectivity index (χ0) is 39.6. The van der Waals surface area contributed by atoms with Crippen LogP contribution in [0.4, 0.5) is 26.3 Å². The van der Waals surface area contributed by atoms with Crippen LogP contribution in [-0.2, 0) is 41.9 Å². The van der Waals surface area contributed by atoms with Gasteiger partial charge in [0.05, 0.1) is 43.9 Å². The summed E-state index contributed by atoms with van der Waals surface area (Å²) in [6.07, 6.45) is -8.01.